The van der Waals surface area contributed by atoms with Gasteiger partial charge in [0, 0.05) is 17.8 Å². The van der Waals surface area contributed by atoms with Gasteiger partial charge in [0.15, 0.2) is 0 Å². The second-order valence-electron chi connectivity index (χ2n) is 4.97. The van der Waals surface area contributed by atoms with Crippen molar-refractivity contribution in [1.82, 2.24) is 9.97 Å². The zero-order valence-electron chi connectivity index (χ0n) is 12.4. The summed E-state index contributed by atoms with van der Waals surface area (Å²) in [6.07, 6.45) is 1.66. The minimum atomic E-state index is 0.431. The van der Waals surface area contributed by atoms with Crippen LogP contribution >= 0.6 is 34.8 Å². The topological polar surface area (TPSA) is 49.8 Å². The molecule has 0 saturated carbocycles. The molecule has 0 bridgehead atoms. The number of nitrogens with one attached hydrogen (secondary N) is 2. The fraction of sp³-hybridized carbons (Fsp3) is 0.0588. The zero-order valence-corrected chi connectivity index (χ0v) is 14.7. The smallest absolute Gasteiger partial charge is 0.229 e. The highest BCUT2D eigenvalue weighted by Crippen LogP contribution is 2.31. The predicted octanol–water partition coefficient (Wildman–Crippen LogP) is 5.79. The van der Waals surface area contributed by atoms with Gasteiger partial charge in [-0.2, -0.15) is 4.98 Å². The van der Waals surface area contributed by atoms with Gasteiger partial charge in [-0.05, 0) is 35.9 Å². The van der Waals surface area contributed by atoms with Crippen molar-refractivity contribution in [2.45, 2.75) is 6.54 Å². The Balaban J connectivity index is 1.69. The van der Waals surface area contributed by atoms with Crippen LogP contribution in [0.5, 0.6) is 0 Å². The van der Waals surface area contributed by atoms with Crippen molar-refractivity contribution in [3.63, 3.8) is 0 Å². The fourth-order valence-corrected chi connectivity index (χ4v) is 2.51. The van der Waals surface area contributed by atoms with E-state index in [9.17, 15) is 0 Å². The van der Waals surface area contributed by atoms with E-state index in [1.54, 1.807) is 24.4 Å². The van der Waals surface area contributed by atoms with Crippen LogP contribution < -0.4 is 10.6 Å². The van der Waals surface area contributed by atoms with Crippen molar-refractivity contribution in [1.29, 1.82) is 0 Å². The van der Waals surface area contributed by atoms with Crippen LogP contribution in [0.1, 0.15) is 5.56 Å². The van der Waals surface area contributed by atoms with Gasteiger partial charge in [-0.3, -0.25) is 0 Å². The van der Waals surface area contributed by atoms with E-state index in [2.05, 4.69) is 20.6 Å². The van der Waals surface area contributed by atoms with Crippen LogP contribution in [0.15, 0.2) is 54.7 Å². The monoisotopic (exact) mass is 378 g/mol. The maximum absolute atomic E-state index is 6.16. The van der Waals surface area contributed by atoms with Crippen molar-refractivity contribution >= 4 is 52.3 Å². The van der Waals surface area contributed by atoms with E-state index in [0.29, 0.717) is 39.1 Å². The molecule has 3 rings (SSSR count). The van der Waals surface area contributed by atoms with Gasteiger partial charge in [0.2, 0.25) is 5.95 Å². The largest absolute Gasteiger partial charge is 0.366 e. The second kappa shape index (κ2) is 7.71. The predicted molar refractivity (Wildman–Crippen MR) is 101 cm³/mol. The number of hydrogen-bond donors (Lipinski definition) is 2. The second-order valence-corrected chi connectivity index (χ2v) is 6.19. The molecule has 0 atom stereocenters. The van der Waals surface area contributed by atoms with Crippen LogP contribution in [0.2, 0.25) is 15.1 Å². The maximum atomic E-state index is 6.16. The third-order valence-electron chi connectivity index (χ3n) is 3.24. The van der Waals surface area contributed by atoms with E-state index >= 15 is 0 Å². The van der Waals surface area contributed by atoms with E-state index in [0.717, 1.165) is 5.56 Å². The normalized spacial score (nSPS) is 10.5. The molecule has 0 radical (unpaired) electrons. The first-order valence-electron chi connectivity index (χ1n) is 7.14. The molecule has 122 valence electrons. The lowest BCUT2D eigenvalue weighted by molar-refractivity contribution is 1.08. The molecule has 0 aliphatic heterocycles. The highest BCUT2D eigenvalue weighted by molar-refractivity contribution is 6.43. The summed E-state index contributed by atoms with van der Waals surface area (Å²) in [7, 11) is 0. The number of benzene rings is 2. The molecule has 0 aliphatic rings. The quantitative estimate of drug-likeness (QED) is 0.589. The summed E-state index contributed by atoms with van der Waals surface area (Å²) in [6, 6.07) is 14.8. The molecule has 0 unspecified atom stereocenters. The Morgan fingerprint density at radius 3 is 2.50 bits per heavy atom. The van der Waals surface area contributed by atoms with Crippen LogP contribution in [0, 0.1) is 0 Å². The fourth-order valence-electron chi connectivity index (χ4n) is 2.03. The molecule has 1 aromatic heterocycles. The van der Waals surface area contributed by atoms with E-state index in [1.165, 1.54) is 0 Å². The molecule has 4 nitrogen and oxygen atoms in total. The number of halogens is 3. The average Bonchev–Trinajstić information content (AvgIpc) is 2.59. The summed E-state index contributed by atoms with van der Waals surface area (Å²) in [4.78, 5) is 8.60. The molecule has 2 aromatic carbocycles. The summed E-state index contributed by atoms with van der Waals surface area (Å²) in [5, 5.41) is 7.92. The Morgan fingerprint density at radius 1 is 0.917 bits per heavy atom. The van der Waals surface area contributed by atoms with Crippen molar-refractivity contribution in [2.75, 3.05) is 10.6 Å². The molecule has 0 saturated heterocycles. The number of rotatable bonds is 5. The van der Waals surface area contributed by atoms with E-state index in [4.69, 9.17) is 34.8 Å². The van der Waals surface area contributed by atoms with Crippen molar-refractivity contribution < 1.29 is 0 Å². The van der Waals surface area contributed by atoms with E-state index in [-0.39, 0.29) is 0 Å². The Hall–Kier alpha value is -2.01. The molecule has 7 heteroatoms. The van der Waals surface area contributed by atoms with Crippen molar-refractivity contribution in [2.24, 2.45) is 0 Å². The summed E-state index contributed by atoms with van der Waals surface area (Å²) in [5.41, 5.74) is 1.75. The van der Waals surface area contributed by atoms with Gasteiger partial charge in [-0.15, -0.1) is 0 Å². The Bertz CT molecular complexity index is 837. The van der Waals surface area contributed by atoms with Crippen molar-refractivity contribution in [3.8, 4) is 0 Å². The average molecular weight is 380 g/mol. The third-order valence-corrected chi connectivity index (χ3v) is 4.31. The van der Waals surface area contributed by atoms with Gasteiger partial charge in [0.1, 0.15) is 5.82 Å². The SMILES string of the molecule is Clc1ccc(CNc2ccnc(Nc3cccc(Cl)c3Cl)n2)cc1. The molecule has 0 amide bonds. The lowest BCUT2D eigenvalue weighted by Crippen LogP contribution is -2.04. The number of hydrogen-bond acceptors (Lipinski definition) is 4. The minimum absolute atomic E-state index is 0.431. The van der Waals surface area contributed by atoms with Crippen LogP contribution in [-0.4, -0.2) is 9.97 Å². The van der Waals surface area contributed by atoms with Gasteiger partial charge >= 0.3 is 0 Å². The lowest BCUT2D eigenvalue weighted by atomic mass is 10.2. The third kappa shape index (κ3) is 4.29. The summed E-state index contributed by atoms with van der Waals surface area (Å²) in [6.45, 7) is 0.630. The molecule has 0 spiro atoms. The van der Waals surface area contributed by atoms with Crippen molar-refractivity contribution in [3.05, 3.63) is 75.4 Å². The molecular weight excluding hydrogens is 367 g/mol. The Morgan fingerprint density at radius 2 is 1.71 bits per heavy atom. The standard InChI is InChI=1S/C17H13Cl3N4/c18-12-6-4-11(5-7-12)10-22-15-8-9-21-17(24-15)23-14-3-1-2-13(19)16(14)20/h1-9H,10H2,(H2,21,22,23,24). The highest BCUT2D eigenvalue weighted by atomic mass is 35.5. The molecule has 24 heavy (non-hydrogen) atoms. The highest BCUT2D eigenvalue weighted by Gasteiger charge is 2.06. The van der Waals surface area contributed by atoms with E-state index < -0.39 is 0 Å². The lowest BCUT2D eigenvalue weighted by Gasteiger charge is -2.10. The first-order chi connectivity index (χ1) is 11.6. The Labute approximate surface area is 154 Å². The molecule has 2 N–H and O–H groups in total. The van der Waals surface area contributed by atoms with Gasteiger partial charge in [-0.25, -0.2) is 4.98 Å². The Kier molecular flexibility index (Phi) is 5.41. The van der Waals surface area contributed by atoms with Crippen LogP contribution in [0.3, 0.4) is 0 Å². The van der Waals surface area contributed by atoms with Gasteiger partial charge in [0.05, 0.1) is 15.7 Å². The zero-order chi connectivity index (χ0) is 16.9. The first kappa shape index (κ1) is 16.8. The van der Waals surface area contributed by atoms with Crippen LogP contribution in [0.4, 0.5) is 17.5 Å². The van der Waals surface area contributed by atoms with Gasteiger partial charge < -0.3 is 10.6 Å². The van der Waals surface area contributed by atoms with Gasteiger partial charge in [-0.1, -0.05) is 53.0 Å². The van der Waals surface area contributed by atoms with Gasteiger partial charge in [0.25, 0.3) is 0 Å². The van der Waals surface area contributed by atoms with E-state index in [1.807, 2.05) is 30.3 Å². The van der Waals surface area contributed by atoms with Crippen LogP contribution in [-0.2, 0) is 6.54 Å². The summed E-state index contributed by atoms with van der Waals surface area (Å²) in [5.74, 6) is 1.13. The number of anilines is 3. The first-order valence-corrected chi connectivity index (χ1v) is 8.27. The number of nitrogens with zero attached hydrogens (tertiary/aromatic N) is 2. The minimum Gasteiger partial charge on any atom is -0.366 e. The molecular formula is C17H13Cl3N4. The number of aromatic nitrogens is 2. The summed E-state index contributed by atoms with van der Waals surface area (Å²) < 4.78 is 0. The molecule has 3 aromatic rings. The molecule has 0 aliphatic carbocycles. The maximum Gasteiger partial charge on any atom is 0.229 e. The summed E-state index contributed by atoms with van der Waals surface area (Å²) >= 11 is 18.0. The molecule has 0 fully saturated rings. The van der Waals surface area contributed by atoms with Crippen LogP contribution in [0.25, 0.3) is 0 Å². The molecule has 1 heterocycles.